The molecule has 1 N–H and O–H groups in total. The average Bonchev–Trinajstić information content (AvgIpc) is 2.76. The fourth-order valence-corrected chi connectivity index (χ4v) is 3.12. The predicted molar refractivity (Wildman–Crippen MR) is 89.2 cm³/mol. The van der Waals surface area contributed by atoms with Crippen molar-refractivity contribution >= 4 is 11.3 Å². The highest BCUT2D eigenvalue weighted by Gasteiger charge is 2.13. The Morgan fingerprint density at radius 1 is 1.24 bits per heavy atom. The van der Waals surface area contributed by atoms with Gasteiger partial charge < -0.3 is 10.1 Å². The highest BCUT2D eigenvalue weighted by Crippen LogP contribution is 2.25. The number of aryl methyl sites for hydroxylation is 1. The smallest absolute Gasteiger partial charge is 0.122 e. The summed E-state index contributed by atoms with van der Waals surface area (Å²) < 4.78 is 5.41. The fourth-order valence-electron chi connectivity index (χ4n) is 2.09. The summed E-state index contributed by atoms with van der Waals surface area (Å²) in [6.07, 6.45) is 0.824. The third-order valence-corrected chi connectivity index (χ3v) is 4.41. The van der Waals surface area contributed by atoms with Gasteiger partial charge >= 0.3 is 0 Å². The van der Waals surface area contributed by atoms with Crippen molar-refractivity contribution in [2.75, 3.05) is 7.11 Å². The molecule has 0 radical (unpaired) electrons. The van der Waals surface area contributed by atoms with Gasteiger partial charge in [-0.2, -0.15) is 0 Å². The molecule has 0 saturated carbocycles. The number of hydrogen-bond acceptors (Lipinski definition) is 4. The first-order chi connectivity index (χ1) is 9.89. The van der Waals surface area contributed by atoms with Crippen LogP contribution in [0, 0.1) is 6.92 Å². The third-order valence-electron chi connectivity index (χ3n) is 3.25. The van der Waals surface area contributed by atoms with Crippen LogP contribution in [-0.4, -0.2) is 17.6 Å². The molecule has 21 heavy (non-hydrogen) atoms. The van der Waals surface area contributed by atoms with E-state index in [0.717, 1.165) is 29.4 Å². The van der Waals surface area contributed by atoms with Crippen LogP contribution in [0.5, 0.6) is 5.75 Å². The average molecular weight is 304 g/mol. The first kappa shape index (κ1) is 16.0. The van der Waals surface area contributed by atoms with Crippen LogP contribution in [0.3, 0.4) is 0 Å². The number of nitrogens with one attached hydrogen (secondary N) is 1. The second-order valence-corrected chi connectivity index (χ2v) is 7.38. The summed E-state index contributed by atoms with van der Waals surface area (Å²) in [6.45, 7) is 9.50. The molecule has 0 spiro atoms. The van der Waals surface area contributed by atoms with Crippen LogP contribution in [0.1, 0.15) is 41.9 Å². The molecule has 0 saturated heterocycles. The van der Waals surface area contributed by atoms with E-state index in [1.54, 1.807) is 18.4 Å². The quantitative estimate of drug-likeness (QED) is 0.908. The molecule has 0 atom stereocenters. The summed E-state index contributed by atoms with van der Waals surface area (Å²) in [5, 5.41) is 4.67. The second-order valence-electron chi connectivity index (χ2n) is 6.21. The number of ether oxygens (including phenoxy) is 1. The topological polar surface area (TPSA) is 34.1 Å². The number of aromatic nitrogens is 1. The van der Waals surface area contributed by atoms with Gasteiger partial charge in [-0.25, -0.2) is 4.98 Å². The molecule has 1 aromatic carbocycles. The van der Waals surface area contributed by atoms with E-state index in [4.69, 9.17) is 9.72 Å². The van der Waals surface area contributed by atoms with Crippen LogP contribution in [0.4, 0.5) is 0 Å². The molecule has 1 heterocycles. The van der Waals surface area contributed by atoms with Gasteiger partial charge in [0, 0.05) is 28.9 Å². The molecule has 0 aliphatic heterocycles. The minimum absolute atomic E-state index is 0.124. The van der Waals surface area contributed by atoms with Crippen molar-refractivity contribution in [3.8, 4) is 5.75 Å². The molecule has 2 rings (SSSR count). The molecule has 114 valence electrons. The van der Waals surface area contributed by atoms with Crippen molar-refractivity contribution in [2.45, 2.75) is 46.2 Å². The Labute approximate surface area is 131 Å². The molecule has 0 aliphatic rings. The molecular formula is C17H24N2OS. The summed E-state index contributed by atoms with van der Waals surface area (Å²) >= 11 is 1.79. The highest BCUT2D eigenvalue weighted by molar-refractivity contribution is 7.11. The molecule has 2 aromatic rings. The van der Waals surface area contributed by atoms with E-state index in [2.05, 4.69) is 39.1 Å². The van der Waals surface area contributed by atoms with Gasteiger partial charge in [0.1, 0.15) is 5.75 Å². The zero-order valence-corrected chi connectivity index (χ0v) is 14.3. The van der Waals surface area contributed by atoms with Crippen molar-refractivity contribution in [3.63, 3.8) is 0 Å². The van der Waals surface area contributed by atoms with Gasteiger partial charge in [-0.15, -0.1) is 11.3 Å². The van der Waals surface area contributed by atoms with E-state index in [0.29, 0.717) is 0 Å². The Kier molecular flexibility index (Phi) is 5.01. The van der Waals surface area contributed by atoms with Crippen molar-refractivity contribution < 1.29 is 4.74 Å². The van der Waals surface area contributed by atoms with Gasteiger partial charge in [0.05, 0.1) is 17.8 Å². The summed E-state index contributed by atoms with van der Waals surface area (Å²) in [7, 11) is 1.71. The maximum Gasteiger partial charge on any atom is 0.122 e. The Morgan fingerprint density at radius 3 is 2.62 bits per heavy atom. The molecule has 1 aromatic heterocycles. The number of hydrogen-bond donors (Lipinski definition) is 1. The fraction of sp³-hybridized carbons (Fsp3) is 0.471. The predicted octanol–water partition coefficient (Wildman–Crippen LogP) is 3.94. The van der Waals surface area contributed by atoms with Gasteiger partial charge in [-0.1, -0.05) is 18.2 Å². The zero-order valence-electron chi connectivity index (χ0n) is 13.5. The Bertz CT molecular complexity index is 599. The maximum absolute atomic E-state index is 5.41. The number of nitrogens with zero attached hydrogens (tertiary/aromatic N) is 1. The van der Waals surface area contributed by atoms with Crippen LogP contribution in [-0.2, 0) is 13.0 Å². The lowest BCUT2D eigenvalue weighted by molar-refractivity contribution is 0.410. The standard InChI is InChI=1S/C17H24N2OS/c1-12-15(11-18-17(2,3)4)21-16(19-12)10-13-8-6-7-9-14(13)20-5/h6-9,18H,10-11H2,1-5H3. The van der Waals surface area contributed by atoms with Gasteiger partial charge in [-0.3, -0.25) is 0 Å². The van der Waals surface area contributed by atoms with Crippen LogP contribution in [0.25, 0.3) is 0 Å². The molecule has 0 amide bonds. The Morgan fingerprint density at radius 2 is 1.95 bits per heavy atom. The number of benzene rings is 1. The van der Waals surface area contributed by atoms with Gasteiger partial charge in [-0.05, 0) is 33.8 Å². The first-order valence-corrected chi connectivity index (χ1v) is 8.03. The summed E-state index contributed by atoms with van der Waals surface area (Å²) in [5.41, 5.74) is 2.44. The monoisotopic (exact) mass is 304 g/mol. The van der Waals surface area contributed by atoms with E-state index in [1.165, 1.54) is 10.4 Å². The summed E-state index contributed by atoms with van der Waals surface area (Å²) in [5.74, 6) is 0.930. The van der Waals surface area contributed by atoms with E-state index >= 15 is 0 Å². The van der Waals surface area contributed by atoms with E-state index < -0.39 is 0 Å². The minimum atomic E-state index is 0.124. The van der Waals surface area contributed by atoms with Crippen molar-refractivity contribution in [1.82, 2.24) is 10.3 Å². The summed E-state index contributed by atoms with van der Waals surface area (Å²) in [4.78, 5) is 6.02. The highest BCUT2D eigenvalue weighted by atomic mass is 32.1. The number of para-hydroxylation sites is 1. The van der Waals surface area contributed by atoms with Crippen LogP contribution >= 0.6 is 11.3 Å². The molecule has 0 bridgehead atoms. The molecule has 4 heteroatoms. The van der Waals surface area contributed by atoms with E-state index in [1.807, 2.05) is 18.2 Å². The number of rotatable bonds is 5. The van der Waals surface area contributed by atoms with Crippen LogP contribution in [0.2, 0.25) is 0 Å². The normalized spacial score (nSPS) is 11.7. The lowest BCUT2D eigenvalue weighted by Gasteiger charge is -2.19. The number of methoxy groups -OCH3 is 1. The van der Waals surface area contributed by atoms with Gasteiger partial charge in [0.15, 0.2) is 0 Å². The maximum atomic E-state index is 5.41. The van der Waals surface area contributed by atoms with E-state index in [-0.39, 0.29) is 5.54 Å². The first-order valence-electron chi connectivity index (χ1n) is 7.21. The SMILES string of the molecule is COc1ccccc1Cc1nc(C)c(CNC(C)(C)C)s1. The van der Waals surface area contributed by atoms with Crippen LogP contribution in [0.15, 0.2) is 24.3 Å². The van der Waals surface area contributed by atoms with E-state index in [9.17, 15) is 0 Å². The zero-order chi connectivity index (χ0) is 15.5. The van der Waals surface area contributed by atoms with Crippen molar-refractivity contribution in [2.24, 2.45) is 0 Å². The second kappa shape index (κ2) is 6.58. The molecule has 0 aliphatic carbocycles. The molecular weight excluding hydrogens is 280 g/mol. The Balaban J connectivity index is 2.11. The van der Waals surface area contributed by atoms with Gasteiger partial charge in [0.25, 0.3) is 0 Å². The minimum Gasteiger partial charge on any atom is -0.496 e. The lowest BCUT2D eigenvalue weighted by Crippen LogP contribution is -2.34. The van der Waals surface area contributed by atoms with Crippen LogP contribution < -0.4 is 10.1 Å². The largest absolute Gasteiger partial charge is 0.496 e. The van der Waals surface area contributed by atoms with Gasteiger partial charge in [0.2, 0.25) is 0 Å². The summed E-state index contributed by atoms with van der Waals surface area (Å²) in [6, 6.07) is 8.13. The lowest BCUT2D eigenvalue weighted by atomic mass is 10.1. The molecule has 0 unspecified atom stereocenters. The third kappa shape index (κ3) is 4.55. The van der Waals surface area contributed by atoms with Crippen molar-refractivity contribution in [1.29, 1.82) is 0 Å². The van der Waals surface area contributed by atoms with Crippen molar-refractivity contribution in [3.05, 3.63) is 45.4 Å². The number of thiazole rings is 1. The molecule has 0 fully saturated rings. The molecule has 3 nitrogen and oxygen atoms in total. The Hall–Kier alpha value is -1.39.